The molecule has 14 heavy (non-hydrogen) atoms. The van der Waals surface area contributed by atoms with Crippen molar-refractivity contribution in [1.29, 1.82) is 0 Å². The van der Waals surface area contributed by atoms with Crippen LogP contribution in [0.15, 0.2) is 23.1 Å². The molecule has 0 spiro atoms. The minimum atomic E-state index is -0.554. The van der Waals surface area contributed by atoms with Crippen LogP contribution in [0.25, 0.3) is 6.08 Å². The molecule has 0 aliphatic rings. The van der Waals surface area contributed by atoms with Crippen molar-refractivity contribution < 1.29 is 4.92 Å². The zero-order chi connectivity index (χ0) is 10.6. The predicted octanol–water partition coefficient (Wildman–Crippen LogP) is 1.69. The normalized spacial score (nSPS) is 10.6. The number of hydrogen-bond donors (Lipinski definition) is 1. The molecule has 0 fully saturated rings. The maximum atomic E-state index is 11.2. The molecule has 0 aromatic carbocycles. The Labute approximate surface area is 87.7 Å². The van der Waals surface area contributed by atoms with Gasteiger partial charge >= 0.3 is 0 Å². The van der Waals surface area contributed by atoms with Crippen molar-refractivity contribution in [3.63, 3.8) is 0 Å². The van der Waals surface area contributed by atoms with Crippen molar-refractivity contribution in [1.82, 2.24) is 4.98 Å². The van der Waals surface area contributed by atoms with Crippen LogP contribution in [-0.2, 0) is 0 Å². The fourth-order valence-electron chi connectivity index (χ4n) is 0.890. The summed E-state index contributed by atoms with van der Waals surface area (Å²) in [4.78, 5) is 23.3. The summed E-state index contributed by atoms with van der Waals surface area (Å²) in [6, 6.07) is 1.23. The van der Waals surface area contributed by atoms with E-state index in [1.165, 1.54) is 12.1 Å². The van der Waals surface area contributed by atoms with Gasteiger partial charge in [0.1, 0.15) is 0 Å². The molecular formula is C8H7BrN2O3. The first-order valence-electron chi connectivity index (χ1n) is 3.75. The standard InChI is InChI=1S/C8H7BrN2O3/c9-3-1-2-6-4-7(11(13)14)5-10-8(6)12/h1-2,4-5H,3H2,(H,10,12). The molecule has 0 aliphatic carbocycles. The number of hydrogen-bond acceptors (Lipinski definition) is 3. The molecule has 0 bridgehead atoms. The third-order valence-electron chi connectivity index (χ3n) is 1.51. The van der Waals surface area contributed by atoms with Gasteiger partial charge in [-0.2, -0.15) is 0 Å². The molecule has 0 radical (unpaired) electrons. The van der Waals surface area contributed by atoms with E-state index >= 15 is 0 Å². The van der Waals surface area contributed by atoms with Gasteiger partial charge in [0.25, 0.3) is 11.2 Å². The van der Waals surface area contributed by atoms with Crippen LogP contribution in [0.3, 0.4) is 0 Å². The summed E-state index contributed by atoms with van der Waals surface area (Å²) in [5.74, 6) is 0. The van der Waals surface area contributed by atoms with Gasteiger partial charge in [0, 0.05) is 17.0 Å². The van der Waals surface area contributed by atoms with Gasteiger partial charge in [-0.1, -0.05) is 28.1 Å². The van der Waals surface area contributed by atoms with Crippen LogP contribution in [0.2, 0.25) is 0 Å². The Kier molecular flexibility index (Phi) is 3.58. The highest BCUT2D eigenvalue weighted by atomic mass is 79.9. The van der Waals surface area contributed by atoms with Crippen molar-refractivity contribution in [2.75, 3.05) is 5.33 Å². The van der Waals surface area contributed by atoms with Crippen LogP contribution in [0.5, 0.6) is 0 Å². The molecule has 0 saturated carbocycles. The summed E-state index contributed by atoms with van der Waals surface area (Å²) in [6.45, 7) is 0. The molecule has 0 atom stereocenters. The lowest BCUT2D eigenvalue weighted by Crippen LogP contribution is -2.09. The van der Waals surface area contributed by atoms with Gasteiger partial charge in [0.05, 0.1) is 11.1 Å². The third kappa shape index (κ3) is 2.53. The number of pyridine rings is 1. The van der Waals surface area contributed by atoms with Gasteiger partial charge in [-0.15, -0.1) is 0 Å². The number of rotatable bonds is 3. The first kappa shape index (κ1) is 10.6. The van der Waals surface area contributed by atoms with Crippen molar-refractivity contribution in [2.45, 2.75) is 0 Å². The number of nitrogens with zero attached hydrogens (tertiary/aromatic N) is 1. The lowest BCUT2D eigenvalue weighted by atomic mass is 10.2. The highest BCUT2D eigenvalue weighted by molar-refractivity contribution is 9.09. The lowest BCUT2D eigenvalue weighted by Gasteiger charge is -1.92. The Morgan fingerprint density at radius 1 is 1.64 bits per heavy atom. The van der Waals surface area contributed by atoms with E-state index in [0.717, 1.165) is 6.20 Å². The van der Waals surface area contributed by atoms with E-state index in [4.69, 9.17) is 0 Å². The van der Waals surface area contributed by atoms with Crippen LogP contribution in [0, 0.1) is 10.1 Å². The number of alkyl halides is 1. The zero-order valence-electron chi connectivity index (χ0n) is 7.07. The second-order valence-electron chi connectivity index (χ2n) is 2.46. The average Bonchev–Trinajstić information content (AvgIpc) is 2.16. The molecule has 0 saturated heterocycles. The fraction of sp³-hybridized carbons (Fsp3) is 0.125. The summed E-state index contributed by atoms with van der Waals surface area (Å²) < 4.78 is 0. The molecular weight excluding hydrogens is 252 g/mol. The summed E-state index contributed by atoms with van der Waals surface area (Å²) in [7, 11) is 0. The third-order valence-corrected chi connectivity index (χ3v) is 1.89. The summed E-state index contributed by atoms with van der Waals surface area (Å²) in [5.41, 5.74) is -0.190. The first-order chi connectivity index (χ1) is 6.65. The van der Waals surface area contributed by atoms with Crippen molar-refractivity contribution in [3.8, 4) is 0 Å². The monoisotopic (exact) mass is 258 g/mol. The Hall–Kier alpha value is -1.43. The summed E-state index contributed by atoms with van der Waals surface area (Å²) in [5, 5.41) is 11.0. The largest absolute Gasteiger partial charge is 0.322 e. The van der Waals surface area contributed by atoms with E-state index in [1.54, 1.807) is 6.08 Å². The smallest absolute Gasteiger partial charge is 0.286 e. The van der Waals surface area contributed by atoms with E-state index < -0.39 is 4.92 Å². The van der Waals surface area contributed by atoms with Crippen LogP contribution in [0.4, 0.5) is 5.69 Å². The SMILES string of the molecule is O=c1[nH]cc([N+](=O)[O-])cc1C=CCBr. The van der Waals surface area contributed by atoms with E-state index in [-0.39, 0.29) is 16.8 Å². The molecule has 1 rings (SSSR count). The molecule has 1 N–H and O–H groups in total. The maximum absolute atomic E-state index is 11.2. The van der Waals surface area contributed by atoms with Crippen molar-refractivity contribution in [2.24, 2.45) is 0 Å². The molecule has 1 aromatic rings. The highest BCUT2D eigenvalue weighted by Gasteiger charge is 2.06. The number of aromatic nitrogens is 1. The number of allylic oxidation sites excluding steroid dienone is 1. The minimum absolute atomic E-state index is 0.126. The van der Waals surface area contributed by atoms with E-state index in [0.29, 0.717) is 5.33 Å². The number of halogens is 1. The Balaban J connectivity index is 3.15. The number of aromatic amines is 1. The Morgan fingerprint density at radius 3 is 2.93 bits per heavy atom. The zero-order valence-corrected chi connectivity index (χ0v) is 8.65. The summed E-state index contributed by atoms with van der Waals surface area (Å²) >= 11 is 3.15. The second kappa shape index (κ2) is 4.71. The van der Waals surface area contributed by atoms with Gasteiger partial charge in [-0.05, 0) is 0 Å². The number of nitro groups is 1. The molecule has 74 valence electrons. The molecule has 1 heterocycles. The van der Waals surface area contributed by atoms with Crippen molar-refractivity contribution >= 4 is 27.7 Å². The second-order valence-corrected chi connectivity index (χ2v) is 3.10. The molecule has 0 aliphatic heterocycles. The molecule has 5 nitrogen and oxygen atoms in total. The Morgan fingerprint density at radius 2 is 2.36 bits per heavy atom. The quantitative estimate of drug-likeness (QED) is 0.509. The molecule has 1 aromatic heterocycles. The van der Waals surface area contributed by atoms with Crippen LogP contribution in [0.1, 0.15) is 5.56 Å². The van der Waals surface area contributed by atoms with E-state index in [1.807, 2.05) is 0 Å². The lowest BCUT2D eigenvalue weighted by molar-refractivity contribution is -0.385. The molecule has 0 amide bonds. The number of nitrogens with one attached hydrogen (secondary N) is 1. The van der Waals surface area contributed by atoms with Crippen molar-refractivity contribution in [3.05, 3.63) is 44.4 Å². The molecule has 6 heteroatoms. The van der Waals surface area contributed by atoms with E-state index in [9.17, 15) is 14.9 Å². The minimum Gasteiger partial charge on any atom is -0.322 e. The van der Waals surface area contributed by atoms with Gasteiger partial charge in [0.2, 0.25) is 0 Å². The van der Waals surface area contributed by atoms with Crippen LogP contribution in [-0.4, -0.2) is 15.2 Å². The fourth-order valence-corrected chi connectivity index (χ4v) is 1.08. The topological polar surface area (TPSA) is 76.0 Å². The van der Waals surface area contributed by atoms with Gasteiger partial charge in [-0.25, -0.2) is 0 Å². The number of H-pyrrole nitrogens is 1. The van der Waals surface area contributed by atoms with Gasteiger partial charge in [-0.3, -0.25) is 14.9 Å². The highest BCUT2D eigenvalue weighted by Crippen LogP contribution is 2.09. The Bertz CT molecular complexity index is 425. The first-order valence-corrected chi connectivity index (χ1v) is 4.87. The average molecular weight is 259 g/mol. The van der Waals surface area contributed by atoms with Gasteiger partial charge in [0.15, 0.2) is 0 Å². The van der Waals surface area contributed by atoms with Crippen LogP contribution >= 0.6 is 15.9 Å². The predicted molar refractivity (Wildman–Crippen MR) is 56.5 cm³/mol. The van der Waals surface area contributed by atoms with Gasteiger partial charge < -0.3 is 4.98 Å². The van der Waals surface area contributed by atoms with Crippen LogP contribution < -0.4 is 5.56 Å². The molecule has 0 unspecified atom stereocenters. The van der Waals surface area contributed by atoms with E-state index in [2.05, 4.69) is 20.9 Å². The summed E-state index contributed by atoms with van der Waals surface area (Å²) in [6.07, 6.45) is 4.29. The maximum Gasteiger partial charge on any atom is 0.286 e.